The van der Waals surface area contributed by atoms with E-state index < -0.39 is 0 Å². The summed E-state index contributed by atoms with van der Waals surface area (Å²) in [6, 6.07) is 3.42. The molecule has 0 aromatic carbocycles. The molecule has 0 bridgehead atoms. The molecule has 2 nitrogen and oxygen atoms in total. The van der Waals surface area contributed by atoms with Crippen LogP contribution in [0.15, 0.2) is 18.3 Å². The largest absolute Gasteiger partial charge is 0.292 e. The van der Waals surface area contributed by atoms with Crippen LogP contribution in [-0.2, 0) is 0 Å². The Kier molecular flexibility index (Phi) is 8.48. The highest BCUT2D eigenvalue weighted by atomic mass is 35.5. The maximum Gasteiger partial charge on any atom is 0.181 e. The second-order valence-corrected chi connectivity index (χ2v) is 5.45. The van der Waals surface area contributed by atoms with Gasteiger partial charge in [-0.05, 0) is 18.6 Å². The predicted octanol–water partition coefficient (Wildman–Crippen LogP) is 5.45. The second-order valence-electron chi connectivity index (χ2n) is 5.01. The van der Waals surface area contributed by atoms with E-state index in [0.717, 1.165) is 12.8 Å². The summed E-state index contributed by atoms with van der Waals surface area (Å²) in [6.45, 7) is 2.23. The standard InChI is InChI=1S/C16H24ClNO/c1-2-3-4-5-6-7-8-9-10-16(19)15-12-11-14(17)13-18-15/h11-13H,2-10H2,1H3. The molecule has 0 unspecified atom stereocenters. The summed E-state index contributed by atoms with van der Waals surface area (Å²) in [5.74, 6) is 0.127. The molecule has 19 heavy (non-hydrogen) atoms. The third kappa shape index (κ3) is 7.31. The number of rotatable bonds is 10. The quantitative estimate of drug-likeness (QED) is 0.422. The van der Waals surface area contributed by atoms with Crippen molar-refractivity contribution in [2.75, 3.05) is 0 Å². The predicted molar refractivity (Wildman–Crippen MR) is 80.8 cm³/mol. The Morgan fingerprint density at radius 3 is 2.26 bits per heavy atom. The number of carbonyl (C=O) groups is 1. The number of hydrogen-bond acceptors (Lipinski definition) is 2. The average Bonchev–Trinajstić information content (AvgIpc) is 2.42. The fourth-order valence-electron chi connectivity index (χ4n) is 2.09. The first-order valence-corrected chi connectivity index (χ1v) is 7.76. The summed E-state index contributed by atoms with van der Waals surface area (Å²) in [4.78, 5) is 15.9. The minimum atomic E-state index is 0.127. The van der Waals surface area contributed by atoms with Gasteiger partial charge in [0, 0.05) is 12.6 Å². The minimum Gasteiger partial charge on any atom is -0.292 e. The number of aromatic nitrogens is 1. The molecular formula is C16H24ClNO. The normalized spacial score (nSPS) is 10.6. The number of carbonyl (C=O) groups excluding carboxylic acids is 1. The van der Waals surface area contributed by atoms with Crippen LogP contribution in [0, 0.1) is 0 Å². The van der Waals surface area contributed by atoms with Gasteiger partial charge in [0.1, 0.15) is 5.69 Å². The van der Waals surface area contributed by atoms with Crippen LogP contribution < -0.4 is 0 Å². The van der Waals surface area contributed by atoms with Crippen LogP contribution in [0.25, 0.3) is 0 Å². The highest BCUT2D eigenvalue weighted by molar-refractivity contribution is 6.30. The zero-order chi connectivity index (χ0) is 13.9. The molecule has 1 aromatic heterocycles. The first kappa shape index (κ1) is 16.2. The van der Waals surface area contributed by atoms with E-state index in [1.807, 2.05) is 0 Å². The maximum absolute atomic E-state index is 11.8. The van der Waals surface area contributed by atoms with Gasteiger partial charge in [0.15, 0.2) is 5.78 Å². The van der Waals surface area contributed by atoms with E-state index in [2.05, 4.69) is 11.9 Å². The molecule has 1 aromatic rings. The van der Waals surface area contributed by atoms with Crippen LogP contribution in [0.5, 0.6) is 0 Å². The lowest BCUT2D eigenvalue weighted by Crippen LogP contribution is -2.01. The van der Waals surface area contributed by atoms with Crippen LogP contribution in [-0.4, -0.2) is 10.8 Å². The van der Waals surface area contributed by atoms with Gasteiger partial charge in [-0.15, -0.1) is 0 Å². The van der Waals surface area contributed by atoms with Crippen molar-refractivity contribution in [3.63, 3.8) is 0 Å². The van der Waals surface area contributed by atoms with Gasteiger partial charge in [0.25, 0.3) is 0 Å². The molecule has 1 rings (SSSR count). The Morgan fingerprint density at radius 2 is 1.68 bits per heavy atom. The van der Waals surface area contributed by atoms with Crippen LogP contribution in [0.4, 0.5) is 0 Å². The van der Waals surface area contributed by atoms with Crippen molar-refractivity contribution in [1.29, 1.82) is 0 Å². The minimum absolute atomic E-state index is 0.127. The molecule has 0 aliphatic rings. The number of Topliss-reactive ketones (excluding diaryl/α,β-unsaturated/α-hetero) is 1. The Bertz CT molecular complexity index is 362. The molecule has 0 radical (unpaired) electrons. The van der Waals surface area contributed by atoms with Crippen molar-refractivity contribution < 1.29 is 4.79 Å². The Hall–Kier alpha value is -0.890. The van der Waals surface area contributed by atoms with Crippen molar-refractivity contribution in [2.45, 2.75) is 64.7 Å². The molecule has 0 N–H and O–H groups in total. The smallest absolute Gasteiger partial charge is 0.181 e. The molecule has 0 spiro atoms. The van der Waals surface area contributed by atoms with Crippen LogP contribution in [0.2, 0.25) is 5.02 Å². The Morgan fingerprint density at radius 1 is 1.05 bits per heavy atom. The summed E-state index contributed by atoms with van der Waals surface area (Å²) in [7, 11) is 0. The summed E-state index contributed by atoms with van der Waals surface area (Å²) in [5, 5.41) is 0.573. The third-order valence-corrected chi connectivity index (χ3v) is 3.49. The molecule has 1 heterocycles. The highest BCUT2D eigenvalue weighted by Crippen LogP contribution is 2.12. The van der Waals surface area contributed by atoms with E-state index in [4.69, 9.17) is 11.6 Å². The van der Waals surface area contributed by atoms with Gasteiger partial charge in [0.05, 0.1) is 5.02 Å². The van der Waals surface area contributed by atoms with E-state index in [9.17, 15) is 4.79 Å². The van der Waals surface area contributed by atoms with E-state index in [1.165, 1.54) is 44.7 Å². The van der Waals surface area contributed by atoms with Gasteiger partial charge < -0.3 is 0 Å². The second kappa shape index (κ2) is 9.96. The number of ketones is 1. The van der Waals surface area contributed by atoms with Crippen molar-refractivity contribution in [2.24, 2.45) is 0 Å². The molecule has 0 saturated carbocycles. The molecule has 0 aliphatic carbocycles. The molecule has 0 amide bonds. The van der Waals surface area contributed by atoms with Gasteiger partial charge in [-0.2, -0.15) is 0 Å². The fourth-order valence-corrected chi connectivity index (χ4v) is 2.20. The molecule has 0 aliphatic heterocycles. The first-order chi connectivity index (χ1) is 9.24. The first-order valence-electron chi connectivity index (χ1n) is 7.38. The third-order valence-electron chi connectivity index (χ3n) is 3.27. The lowest BCUT2D eigenvalue weighted by atomic mass is 10.1. The Labute approximate surface area is 121 Å². The zero-order valence-electron chi connectivity index (χ0n) is 11.8. The van der Waals surface area contributed by atoms with E-state index >= 15 is 0 Å². The van der Waals surface area contributed by atoms with Gasteiger partial charge in [-0.3, -0.25) is 9.78 Å². The summed E-state index contributed by atoms with van der Waals surface area (Å²) in [5.41, 5.74) is 0.535. The van der Waals surface area contributed by atoms with Gasteiger partial charge in [-0.25, -0.2) is 0 Å². The number of unbranched alkanes of at least 4 members (excludes halogenated alkanes) is 7. The van der Waals surface area contributed by atoms with Crippen LogP contribution in [0.1, 0.15) is 75.2 Å². The fraction of sp³-hybridized carbons (Fsp3) is 0.625. The lowest BCUT2D eigenvalue weighted by molar-refractivity contribution is 0.0974. The topological polar surface area (TPSA) is 30.0 Å². The number of halogens is 1. The number of pyridine rings is 1. The van der Waals surface area contributed by atoms with Crippen molar-refractivity contribution >= 4 is 17.4 Å². The molecule has 0 saturated heterocycles. The van der Waals surface area contributed by atoms with Crippen molar-refractivity contribution in [1.82, 2.24) is 4.98 Å². The summed E-state index contributed by atoms with van der Waals surface area (Å²) < 4.78 is 0. The lowest BCUT2D eigenvalue weighted by Gasteiger charge is -2.02. The average molecular weight is 282 g/mol. The zero-order valence-corrected chi connectivity index (χ0v) is 12.6. The van der Waals surface area contributed by atoms with Crippen LogP contribution >= 0.6 is 11.6 Å². The molecule has 0 fully saturated rings. The van der Waals surface area contributed by atoms with E-state index in [-0.39, 0.29) is 5.78 Å². The molecule has 3 heteroatoms. The van der Waals surface area contributed by atoms with Gasteiger partial charge in [-0.1, -0.05) is 63.5 Å². The summed E-state index contributed by atoms with van der Waals surface area (Å²) >= 11 is 5.74. The van der Waals surface area contributed by atoms with E-state index in [1.54, 1.807) is 12.1 Å². The SMILES string of the molecule is CCCCCCCCCCC(=O)c1ccc(Cl)cn1. The van der Waals surface area contributed by atoms with Crippen molar-refractivity contribution in [3.8, 4) is 0 Å². The van der Waals surface area contributed by atoms with Crippen molar-refractivity contribution in [3.05, 3.63) is 29.0 Å². The Balaban J connectivity index is 2.06. The monoisotopic (exact) mass is 281 g/mol. The van der Waals surface area contributed by atoms with E-state index in [0.29, 0.717) is 17.1 Å². The summed E-state index contributed by atoms with van der Waals surface area (Å²) in [6.07, 6.45) is 12.1. The highest BCUT2D eigenvalue weighted by Gasteiger charge is 2.06. The van der Waals surface area contributed by atoms with Gasteiger partial charge in [0.2, 0.25) is 0 Å². The molecule has 106 valence electrons. The molecular weight excluding hydrogens is 258 g/mol. The number of nitrogens with zero attached hydrogens (tertiary/aromatic N) is 1. The number of hydrogen-bond donors (Lipinski definition) is 0. The molecule has 0 atom stereocenters. The van der Waals surface area contributed by atoms with Crippen LogP contribution in [0.3, 0.4) is 0 Å². The maximum atomic E-state index is 11.8. The van der Waals surface area contributed by atoms with Gasteiger partial charge >= 0.3 is 0 Å².